The van der Waals surface area contributed by atoms with Gasteiger partial charge in [0.1, 0.15) is 11.6 Å². The van der Waals surface area contributed by atoms with Crippen LogP contribution in [0.3, 0.4) is 0 Å². The molecule has 0 amide bonds. The van der Waals surface area contributed by atoms with Gasteiger partial charge in [0.2, 0.25) is 5.95 Å². The minimum absolute atomic E-state index is 0.000857. The number of rotatable bonds is 5. The summed E-state index contributed by atoms with van der Waals surface area (Å²) in [6, 6.07) is 16.3. The molecule has 7 nitrogen and oxygen atoms in total. The van der Waals surface area contributed by atoms with Crippen LogP contribution in [0.15, 0.2) is 71.8 Å². The van der Waals surface area contributed by atoms with Crippen molar-refractivity contribution in [1.82, 2.24) is 14.8 Å². The first-order valence-corrected chi connectivity index (χ1v) is 12.4. The van der Waals surface area contributed by atoms with E-state index in [9.17, 15) is 12.8 Å². The highest BCUT2D eigenvalue weighted by Gasteiger charge is 2.28. The van der Waals surface area contributed by atoms with E-state index in [2.05, 4.69) is 14.8 Å². The van der Waals surface area contributed by atoms with Gasteiger partial charge in [-0.3, -0.25) is 9.40 Å². The summed E-state index contributed by atoms with van der Waals surface area (Å²) >= 11 is 6.32. The maximum atomic E-state index is 13.4. The van der Waals surface area contributed by atoms with E-state index in [0.29, 0.717) is 17.4 Å². The number of pyridine rings is 1. The van der Waals surface area contributed by atoms with Crippen molar-refractivity contribution in [2.45, 2.75) is 17.2 Å². The molecule has 1 N–H and O–H groups in total. The maximum absolute atomic E-state index is 13.4. The van der Waals surface area contributed by atoms with Crippen LogP contribution >= 0.6 is 11.6 Å². The van der Waals surface area contributed by atoms with Crippen molar-refractivity contribution >= 4 is 27.4 Å². The summed E-state index contributed by atoms with van der Waals surface area (Å²) in [5.41, 5.74) is 3.81. The Hall–Kier alpha value is -3.43. The first-order chi connectivity index (χ1) is 16.3. The highest BCUT2D eigenvalue weighted by molar-refractivity contribution is 7.92. The summed E-state index contributed by atoms with van der Waals surface area (Å²) in [6.07, 6.45) is 2.45. The fourth-order valence-electron chi connectivity index (χ4n) is 4.21. The predicted molar refractivity (Wildman–Crippen MR) is 127 cm³/mol. The molecule has 2 aromatic carbocycles. The van der Waals surface area contributed by atoms with Crippen LogP contribution in [0.4, 0.5) is 10.2 Å². The van der Waals surface area contributed by atoms with Gasteiger partial charge in [0.15, 0.2) is 0 Å². The lowest BCUT2D eigenvalue weighted by Gasteiger charge is -2.28. The first kappa shape index (κ1) is 22.4. The standard InChI is InChI=1S/C24H20ClFN4O3S/c1-30-21(9-11-27-30)20-13-15(25)5-7-17(20)18-10-12-33-22-14-16(6-8-19(18)22)34(31,32)29-24-4-2-3-23(26)28-24/h2-9,11,13-14,18H,10,12H2,1H3,(H,28,29). The third-order valence-corrected chi connectivity index (χ3v) is 7.36. The van der Waals surface area contributed by atoms with E-state index in [1.165, 1.54) is 24.3 Å². The van der Waals surface area contributed by atoms with Gasteiger partial charge in [-0.2, -0.15) is 9.49 Å². The number of halogens is 2. The average Bonchev–Trinajstić information content (AvgIpc) is 3.24. The second kappa shape index (κ2) is 8.73. The molecule has 0 bridgehead atoms. The topological polar surface area (TPSA) is 86.1 Å². The minimum Gasteiger partial charge on any atom is -0.493 e. The van der Waals surface area contributed by atoms with Crippen LogP contribution in [-0.2, 0) is 17.1 Å². The quantitative estimate of drug-likeness (QED) is 0.392. The van der Waals surface area contributed by atoms with Crippen LogP contribution < -0.4 is 9.46 Å². The van der Waals surface area contributed by atoms with Crippen LogP contribution in [0.1, 0.15) is 23.5 Å². The third kappa shape index (κ3) is 4.24. The predicted octanol–water partition coefficient (Wildman–Crippen LogP) is 4.99. The minimum atomic E-state index is -3.99. The molecule has 5 rings (SSSR count). The molecule has 1 atom stereocenters. The number of fused-ring (bicyclic) bond motifs is 1. The lowest BCUT2D eigenvalue weighted by Crippen LogP contribution is -2.18. The number of hydrogen-bond donors (Lipinski definition) is 1. The molecule has 1 unspecified atom stereocenters. The Bertz CT molecular complexity index is 1490. The van der Waals surface area contributed by atoms with Gasteiger partial charge in [0.25, 0.3) is 10.0 Å². The number of ether oxygens (including phenoxy) is 1. The van der Waals surface area contributed by atoms with Crippen molar-refractivity contribution < 1.29 is 17.5 Å². The van der Waals surface area contributed by atoms with Crippen molar-refractivity contribution in [1.29, 1.82) is 0 Å². The fourth-order valence-corrected chi connectivity index (χ4v) is 5.40. The van der Waals surface area contributed by atoms with E-state index in [1.54, 1.807) is 16.9 Å². The summed E-state index contributed by atoms with van der Waals surface area (Å²) in [5, 5.41) is 4.89. The molecular weight excluding hydrogens is 479 g/mol. The Morgan fingerprint density at radius 3 is 2.71 bits per heavy atom. The van der Waals surface area contributed by atoms with Crippen LogP contribution in [-0.4, -0.2) is 29.8 Å². The van der Waals surface area contributed by atoms with Crippen LogP contribution in [0.25, 0.3) is 11.3 Å². The highest BCUT2D eigenvalue weighted by Crippen LogP contribution is 2.43. The SMILES string of the molecule is Cn1nccc1-c1cc(Cl)ccc1C1CCOc2cc(S(=O)(=O)Nc3cccc(F)n3)ccc21. The summed E-state index contributed by atoms with van der Waals surface area (Å²) in [4.78, 5) is 3.57. The Morgan fingerprint density at radius 2 is 1.94 bits per heavy atom. The molecular formula is C24H20ClFN4O3S. The van der Waals surface area contributed by atoms with Crippen LogP contribution in [0.5, 0.6) is 5.75 Å². The van der Waals surface area contributed by atoms with Gasteiger partial charge in [0, 0.05) is 41.4 Å². The summed E-state index contributed by atoms with van der Waals surface area (Å²) in [5.74, 6) is -0.416. The monoisotopic (exact) mass is 498 g/mol. The third-order valence-electron chi connectivity index (χ3n) is 5.78. The number of hydrogen-bond acceptors (Lipinski definition) is 5. The van der Waals surface area contributed by atoms with Gasteiger partial charge in [-0.1, -0.05) is 29.8 Å². The van der Waals surface area contributed by atoms with E-state index in [1.807, 2.05) is 31.3 Å². The number of sulfonamides is 1. The molecule has 0 aliphatic carbocycles. The molecule has 0 spiro atoms. The number of aromatic nitrogens is 3. The first-order valence-electron chi connectivity index (χ1n) is 10.5. The van der Waals surface area contributed by atoms with Gasteiger partial charge in [-0.15, -0.1) is 0 Å². The van der Waals surface area contributed by atoms with E-state index >= 15 is 0 Å². The Balaban J connectivity index is 1.53. The summed E-state index contributed by atoms with van der Waals surface area (Å²) in [7, 11) is -2.12. The van der Waals surface area contributed by atoms with E-state index in [4.69, 9.17) is 16.3 Å². The molecule has 2 aromatic heterocycles. The van der Waals surface area contributed by atoms with Crippen molar-refractivity contribution in [3.8, 4) is 17.0 Å². The second-order valence-corrected chi connectivity index (χ2v) is 10.0. The number of nitrogens with one attached hydrogen (secondary N) is 1. The molecule has 0 radical (unpaired) electrons. The molecule has 0 saturated carbocycles. The average molecular weight is 499 g/mol. The maximum Gasteiger partial charge on any atom is 0.263 e. The number of anilines is 1. The Labute approximate surface area is 201 Å². The molecule has 174 valence electrons. The fraction of sp³-hybridized carbons (Fsp3) is 0.167. The zero-order valence-corrected chi connectivity index (χ0v) is 19.6. The van der Waals surface area contributed by atoms with Gasteiger partial charge >= 0.3 is 0 Å². The van der Waals surface area contributed by atoms with Crippen molar-refractivity contribution in [2.24, 2.45) is 7.05 Å². The smallest absolute Gasteiger partial charge is 0.263 e. The van der Waals surface area contributed by atoms with E-state index in [-0.39, 0.29) is 16.6 Å². The molecule has 3 heterocycles. The summed E-state index contributed by atoms with van der Waals surface area (Å²) < 4.78 is 49.1. The van der Waals surface area contributed by atoms with Crippen molar-refractivity contribution in [3.63, 3.8) is 0 Å². The van der Waals surface area contributed by atoms with E-state index in [0.717, 1.165) is 34.9 Å². The normalized spacial score (nSPS) is 15.4. The van der Waals surface area contributed by atoms with Gasteiger partial charge in [0.05, 0.1) is 17.2 Å². The summed E-state index contributed by atoms with van der Waals surface area (Å²) in [6.45, 7) is 0.424. The lowest BCUT2D eigenvalue weighted by atomic mass is 9.83. The lowest BCUT2D eigenvalue weighted by molar-refractivity contribution is 0.276. The molecule has 1 aliphatic heterocycles. The molecule has 34 heavy (non-hydrogen) atoms. The van der Waals surface area contributed by atoms with Crippen LogP contribution in [0.2, 0.25) is 5.02 Å². The number of aryl methyl sites for hydroxylation is 1. The molecule has 1 aliphatic rings. The zero-order valence-electron chi connectivity index (χ0n) is 18.1. The number of benzene rings is 2. The van der Waals surface area contributed by atoms with Crippen molar-refractivity contribution in [3.05, 3.63) is 89.0 Å². The van der Waals surface area contributed by atoms with E-state index < -0.39 is 16.0 Å². The van der Waals surface area contributed by atoms with Gasteiger partial charge in [-0.25, -0.2) is 13.4 Å². The Kier molecular flexibility index (Phi) is 5.75. The van der Waals surface area contributed by atoms with Gasteiger partial charge in [-0.05, 0) is 48.4 Å². The second-order valence-electron chi connectivity index (χ2n) is 7.91. The molecule has 4 aromatic rings. The molecule has 0 saturated heterocycles. The van der Waals surface area contributed by atoms with Gasteiger partial charge < -0.3 is 4.74 Å². The largest absolute Gasteiger partial charge is 0.493 e. The zero-order chi connectivity index (χ0) is 23.9. The van der Waals surface area contributed by atoms with Crippen molar-refractivity contribution in [2.75, 3.05) is 11.3 Å². The number of nitrogens with zero attached hydrogens (tertiary/aromatic N) is 3. The van der Waals surface area contributed by atoms with Crippen LogP contribution in [0, 0.1) is 5.95 Å². The highest BCUT2D eigenvalue weighted by atomic mass is 35.5. The molecule has 10 heteroatoms. The molecule has 0 fully saturated rings. The Morgan fingerprint density at radius 1 is 1.12 bits per heavy atom.